The molecule has 2 aromatic rings. The first kappa shape index (κ1) is 19.4. The highest BCUT2D eigenvalue weighted by Gasteiger charge is 2.23. The number of nitrogens with one attached hydrogen (secondary N) is 2. The van der Waals surface area contributed by atoms with Gasteiger partial charge in [0.2, 0.25) is 0 Å². The number of non-ortho nitro benzene ring substituents is 1. The molecule has 9 heteroatoms. The Morgan fingerprint density at radius 1 is 1.15 bits per heavy atom. The Morgan fingerprint density at radius 2 is 1.81 bits per heavy atom. The van der Waals surface area contributed by atoms with Crippen LogP contribution in [0.15, 0.2) is 42.5 Å². The first-order chi connectivity index (χ1) is 12.9. The third-order valence-electron chi connectivity index (χ3n) is 4.53. The van der Waals surface area contributed by atoms with Crippen molar-refractivity contribution in [1.82, 2.24) is 0 Å². The molecule has 0 bridgehead atoms. The molecule has 1 amide bonds. The molecular weight excluding hydrogens is 391 g/mol. The molecule has 0 aromatic heterocycles. The SMILES string of the molecule is O=C(C[NH+]1CCN(c2ccc([N+](=O)[O-])cc2)CC1)Nc1cccc(Cl)c1Cl. The largest absolute Gasteiger partial charge is 0.360 e. The lowest BCUT2D eigenvalue weighted by molar-refractivity contribution is -0.892. The number of carbonyl (C=O) groups excluding carboxylic acids is 1. The molecule has 27 heavy (non-hydrogen) atoms. The van der Waals surface area contributed by atoms with Crippen molar-refractivity contribution in [1.29, 1.82) is 0 Å². The first-order valence-electron chi connectivity index (χ1n) is 8.51. The molecule has 0 saturated carbocycles. The Labute approximate surface area is 166 Å². The number of anilines is 2. The van der Waals surface area contributed by atoms with E-state index in [0.717, 1.165) is 31.9 Å². The summed E-state index contributed by atoms with van der Waals surface area (Å²) in [6.07, 6.45) is 0. The van der Waals surface area contributed by atoms with Gasteiger partial charge in [0, 0.05) is 17.8 Å². The molecule has 1 fully saturated rings. The fraction of sp³-hybridized carbons (Fsp3) is 0.278. The minimum atomic E-state index is -0.406. The van der Waals surface area contributed by atoms with Gasteiger partial charge in [-0.1, -0.05) is 29.3 Å². The van der Waals surface area contributed by atoms with Crippen molar-refractivity contribution >= 4 is 46.2 Å². The maximum absolute atomic E-state index is 12.3. The molecule has 0 spiro atoms. The predicted octanol–water partition coefficient (Wildman–Crippen LogP) is 2.25. The van der Waals surface area contributed by atoms with Crippen LogP contribution in [-0.2, 0) is 4.79 Å². The van der Waals surface area contributed by atoms with E-state index in [4.69, 9.17) is 23.2 Å². The van der Waals surface area contributed by atoms with E-state index in [1.54, 1.807) is 30.3 Å². The highest BCUT2D eigenvalue weighted by atomic mass is 35.5. The molecule has 1 aliphatic rings. The molecule has 1 heterocycles. The summed E-state index contributed by atoms with van der Waals surface area (Å²) in [5, 5.41) is 14.3. The standard InChI is InChI=1S/C18H18Cl2N4O3/c19-15-2-1-3-16(18(15)20)21-17(25)12-22-8-10-23(11-9-22)13-4-6-14(7-5-13)24(26)27/h1-7H,8-12H2,(H,21,25)/p+1. The molecule has 0 unspecified atom stereocenters. The van der Waals surface area contributed by atoms with Crippen molar-refractivity contribution in [3.05, 3.63) is 62.6 Å². The quantitative estimate of drug-likeness (QED) is 0.586. The second-order valence-corrected chi connectivity index (χ2v) is 7.12. The van der Waals surface area contributed by atoms with Crippen LogP contribution in [0, 0.1) is 10.1 Å². The third-order valence-corrected chi connectivity index (χ3v) is 5.35. The van der Waals surface area contributed by atoms with Crippen LogP contribution in [-0.4, -0.2) is 43.6 Å². The van der Waals surface area contributed by atoms with Gasteiger partial charge in [0.15, 0.2) is 6.54 Å². The van der Waals surface area contributed by atoms with Crippen molar-refractivity contribution in [2.45, 2.75) is 0 Å². The summed E-state index contributed by atoms with van der Waals surface area (Å²) in [4.78, 5) is 26.0. The maximum atomic E-state index is 12.3. The molecule has 1 saturated heterocycles. The fourth-order valence-electron chi connectivity index (χ4n) is 3.06. The van der Waals surface area contributed by atoms with E-state index in [1.807, 2.05) is 0 Å². The molecule has 2 aromatic carbocycles. The number of quaternary nitrogens is 1. The normalized spacial score (nSPS) is 14.8. The Kier molecular flexibility index (Phi) is 6.15. The lowest BCUT2D eigenvalue weighted by Gasteiger charge is -2.33. The van der Waals surface area contributed by atoms with Gasteiger partial charge in [-0.25, -0.2) is 0 Å². The minimum Gasteiger partial charge on any atom is -0.360 e. The number of rotatable bonds is 5. The number of nitrogens with zero attached hydrogens (tertiary/aromatic N) is 2. The average molecular weight is 410 g/mol. The fourth-order valence-corrected chi connectivity index (χ4v) is 3.41. The Balaban J connectivity index is 1.51. The maximum Gasteiger partial charge on any atom is 0.279 e. The lowest BCUT2D eigenvalue weighted by atomic mass is 10.2. The molecule has 0 atom stereocenters. The van der Waals surface area contributed by atoms with Crippen LogP contribution >= 0.6 is 23.2 Å². The zero-order valence-electron chi connectivity index (χ0n) is 14.5. The van der Waals surface area contributed by atoms with E-state index in [0.29, 0.717) is 22.3 Å². The van der Waals surface area contributed by atoms with Gasteiger partial charge in [-0.05, 0) is 24.3 Å². The summed E-state index contributed by atoms with van der Waals surface area (Å²) in [5.41, 5.74) is 1.55. The van der Waals surface area contributed by atoms with Crippen LogP contribution < -0.4 is 15.1 Å². The van der Waals surface area contributed by atoms with Crippen LogP contribution in [0.25, 0.3) is 0 Å². The number of hydrogen-bond donors (Lipinski definition) is 2. The second-order valence-electron chi connectivity index (χ2n) is 6.34. The molecule has 0 aliphatic carbocycles. The second kappa shape index (κ2) is 8.56. The zero-order valence-corrected chi connectivity index (χ0v) is 16.0. The van der Waals surface area contributed by atoms with Gasteiger partial charge < -0.3 is 15.1 Å². The first-order valence-corrected chi connectivity index (χ1v) is 9.26. The van der Waals surface area contributed by atoms with Gasteiger partial charge in [0.05, 0.1) is 46.8 Å². The Hall–Kier alpha value is -2.35. The van der Waals surface area contributed by atoms with E-state index in [2.05, 4.69) is 10.2 Å². The van der Waals surface area contributed by atoms with Crippen LogP contribution in [0.3, 0.4) is 0 Å². The number of carbonyl (C=O) groups is 1. The van der Waals surface area contributed by atoms with Gasteiger partial charge in [0.25, 0.3) is 11.6 Å². The van der Waals surface area contributed by atoms with E-state index in [9.17, 15) is 14.9 Å². The van der Waals surface area contributed by atoms with Crippen LogP contribution in [0.5, 0.6) is 0 Å². The number of nitro benzene ring substituents is 1. The van der Waals surface area contributed by atoms with E-state index >= 15 is 0 Å². The van der Waals surface area contributed by atoms with E-state index in [1.165, 1.54) is 17.0 Å². The predicted molar refractivity (Wildman–Crippen MR) is 106 cm³/mol. The van der Waals surface area contributed by atoms with Crippen LogP contribution in [0.1, 0.15) is 0 Å². The van der Waals surface area contributed by atoms with Gasteiger partial charge >= 0.3 is 0 Å². The van der Waals surface area contributed by atoms with E-state index < -0.39 is 4.92 Å². The summed E-state index contributed by atoms with van der Waals surface area (Å²) in [5.74, 6) is -0.113. The Bertz CT molecular complexity index is 837. The van der Waals surface area contributed by atoms with Crippen molar-refractivity contribution in [3.63, 3.8) is 0 Å². The molecule has 0 radical (unpaired) electrons. The number of nitro groups is 1. The zero-order chi connectivity index (χ0) is 19.4. The molecule has 142 valence electrons. The molecular formula is C18H19Cl2N4O3+. The molecule has 3 rings (SSSR count). The topological polar surface area (TPSA) is 79.9 Å². The minimum absolute atomic E-state index is 0.0827. The van der Waals surface area contributed by atoms with Crippen LogP contribution in [0.4, 0.5) is 17.1 Å². The third kappa shape index (κ3) is 4.88. The van der Waals surface area contributed by atoms with Crippen molar-refractivity contribution in [2.24, 2.45) is 0 Å². The number of hydrogen-bond acceptors (Lipinski definition) is 4. The van der Waals surface area contributed by atoms with E-state index in [-0.39, 0.29) is 11.6 Å². The van der Waals surface area contributed by atoms with Crippen molar-refractivity contribution < 1.29 is 14.6 Å². The monoisotopic (exact) mass is 409 g/mol. The summed E-state index contributed by atoms with van der Waals surface area (Å²) in [7, 11) is 0. The smallest absolute Gasteiger partial charge is 0.279 e. The van der Waals surface area contributed by atoms with Gasteiger partial charge in [-0.3, -0.25) is 14.9 Å². The highest BCUT2D eigenvalue weighted by Crippen LogP contribution is 2.29. The van der Waals surface area contributed by atoms with Gasteiger partial charge in [-0.2, -0.15) is 0 Å². The van der Waals surface area contributed by atoms with Crippen LogP contribution in [0.2, 0.25) is 10.0 Å². The number of piperazine rings is 1. The van der Waals surface area contributed by atoms with Gasteiger partial charge in [0.1, 0.15) is 0 Å². The summed E-state index contributed by atoms with van der Waals surface area (Å²) < 4.78 is 0. The Morgan fingerprint density at radius 3 is 2.44 bits per heavy atom. The lowest BCUT2D eigenvalue weighted by Crippen LogP contribution is -3.15. The van der Waals surface area contributed by atoms with Crippen molar-refractivity contribution in [3.8, 4) is 0 Å². The molecule has 1 aliphatic heterocycles. The summed E-state index contributed by atoms with van der Waals surface area (Å²) in [6.45, 7) is 3.50. The number of amides is 1. The molecule has 7 nitrogen and oxygen atoms in total. The van der Waals surface area contributed by atoms with Gasteiger partial charge in [-0.15, -0.1) is 0 Å². The average Bonchev–Trinajstić information content (AvgIpc) is 2.66. The number of halogens is 2. The summed E-state index contributed by atoms with van der Waals surface area (Å²) >= 11 is 12.1. The summed E-state index contributed by atoms with van der Waals surface area (Å²) in [6, 6.07) is 11.7. The van der Waals surface area contributed by atoms with Crippen molar-refractivity contribution in [2.75, 3.05) is 42.9 Å². The molecule has 2 N–H and O–H groups in total. The number of benzene rings is 2. The highest BCUT2D eigenvalue weighted by molar-refractivity contribution is 6.43.